The molecular weight excluding hydrogens is 240 g/mol. The second-order valence-corrected chi connectivity index (χ2v) is 6.38. The number of halogens is 1. The van der Waals surface area contributed by atoms with Gasteiger partial charge in [-0.15, -0.1) is 11.3 Å². The molecule has 0 spiro atoms. The molecule has 1 aromatic heterocycles. The molecular formula is C12H19ClN2S. The Morgan fingerprint density at radius 1 is 1.56 bits per heavy atom. The van der Waals surface area contributed by atoms with Crippen molar-refractivity contribution in [2.75, 3.05) is 0 Å². The van der Waals surface area contributed by atoms with Crippen molar-refractivity contribution in [3.05, 3.63) is 21.3 Å². The van der Waals surface area contributed by atoms with Crippen LogP contribution in [0, 0.1) is 11.8 Å². The fourth-order valence-electron chi connectivity index (χ4n) is 2.73. The summed E-state index contributed by atoms with van der Waals surface area (Å²) in [5, 5.41) is 0. The molecule has 1 aromatic rings. The van der Waals surface area contributed by atoms with Gasteiger partial charge in [-0.05, 0) is 36.8 Å². The Balaban J connectivity index is 2.06. The molecule has 1 heterocycles. The Kier molecular flexibility index (Phi) is 4.25. The highest BCUT2D eigenvalue weighted by atomic mass is 35.5. The van der Waals surface area contributed by atoms with E-state index in [0.29, 0.717) is 5.92 Å². The van der Waals surface area contributed by atoms with Crippen LogP contribution in [0.1, 0.15) is 43.5 Å². The van der Waals surface area contributed by atoms with Crippen LogP contribution in [0.5, 0.6) is 0 Å². The number of hydrazine groups is 1. The monoisotopic (exact) mass is 258 g/mol. The van der Waals surface area contributed by atoms with Crippen LogP contribution in [0.2, 0.25) is 4.34 Å². The van der Waals surface area contributed by atoms with Gasteiger partial charge in [0.05, 0.1) is 10.4 Å². The fraction of sp³-hybridized carbons (Fsp3) is 0.667. The van der Waals surface area contributed by atoms with E-state index in [-0.39, 0.29) is 6.04 Å². The van der Waals surface area contributed by atoms with E-state index in [4.69, 9.17) is 17.4 Å². The topological polar surface area (TPSA) is 38.0 Å². The molecule has 0 amide bonds. The molecule has 3 atom stereocenters. The minimum atomic E-state index is 0.286. The van der Waals surface area contributed by atoms with Crippen LogP contribution >= 0.6 is 22.9 Å². The van der Waals surface area contributed by atoms with Crippen LogP contribution in [0.25, 0.3) is 0 Å². The predicted octanol–water partition coefficient (Wildman–Crippen LogP) is 3.73. The lowest BCUT2D eigenvalue weighted by molar-refractivity contribution is 0.363. The number of hydrogen-bond donors (Lipinski definition) is 2. The highest BCUT2D eigenvalue weighted by molar-refractivity contribution is 7.16. The maximum absolute atomic E-state index is 5.97. The molecule has 0 aliphatic heterocycles. The minimum absolute atomic E-state index is 0.286. The number of hydrogen-bond acceptors (Lipinski definition) is 3. The van der Waals surface area contributed by atoms with Gasteiger partial charge < -0.3 is 0 Å². The smallest absolute Gasteiger partial charge is 0.0931 e. The quantitative estimate of drug-likeness (QED) is 0.638. The molecule has 0 saturated heterocycles. The van der Waals surface area contributed by atoms with Gasteiger partial charge in [0.1, 0.15) is 0 Å². The molecule has 1 aliphatic rings. The van der Waals surface area contributed by atoms with Crippen molar-refractivity contribution in [1.29, 1.82) is 0 Å². The molecule has 3 N–H and O–H groups in total. The van der Waals surface area contributed by atoms with Gasteiger partial charge >= 0.3 is 0 Å². The van der Waals surface area contributed by atoms with Crippen molar-refractivity contribution in [3.63, 3.8) is 0 Å². The van der Waals surface area contributed by atoms with E-state index in [1.807, 2.05) is 6.07 Å². The Bertz CT molecular complexity index is 340. The van der Waals surface area contributed by atoms with Crippen molar-refractivity contribution in [2.45, 2.75) is 38.6 Å². The number of nitrogens with two attached hydrogens (primary N) is 1. The van der Waals surface area contributed by atoms with E-state index in [2.05, 4.69) is 18.4 Å². The maximum Gasteiger partial charge on any atom is 0.0931 e. The fourth-order valence-corrected chi connectivity index (χ4v) is 3.95. The highest BCUT2D eigenvalue weighted by Crippen LogP contribution is 2.42. The van der Waals surface area contributed by atoms with E-state index in [1.54, 1.807) is 11.3 Å². The van der Waals surface area contributed by atoms with Crippen LogP contribution < -0.4 is 11.3 Å². The van der Waals surface area contributed by atoms with Gasteiger partial charge in [0.25, 0.3) is 0 Å². The Labute approximate surface area is 106 Å². The summed E-state index contributed by atoms with van der Waals surface area (Å²) in [5.41, 5.74) is 2.97. The molecule has 1 fully saturated rings. The second-order valence-electron chi connectivity index (χ2n) is 4.63. The van der Waals surface area contributed by atoms with E-state index in [1.165, 1.54) is 30.6 Å². The molecule has 3 unspecified atom stereocenters. The third-order valence-corrected chi connectivity index (χ3v) is 5.02. The number of rotatable bonds is 4. The first-order valence-corrected chi connectivity index (χ1v) is 7.15. The van der Waals surface area contributed by atoms with Gasteiger partial charge in [-0.3, -0.25) is 11.3 Å². The van der Waals surface area contributed by atoms with Crippen LogP contribution in [0.4, 0.5) is 0 Å². The van der Waals surface area contributed by atoms with Gasteiger partial charge in [0.2, 0.25) is 0 Å². The average molecular weight is 259 g/mol. The van der Waals surface area contributed by atoms with E-state index < -0.39 is 0 Å². The highest BCUT2D eigenvalue weighted by Gasteiger charge is 2.31. The van der Waals surface area contributed by atoms with Crippen molar-refractivity contribution in [1.82, 2.24) is 5.43 Å². The maximum atomic E-state index is 5.97. The van der Waals surface area contributed by atoms with Gasteiger partial charge in [-0.1, -0.05) is 31.4 Å². The molecule has 16 heavy (non-hydrogen) atoms. The summed E-state index contributed by atoms with van der Waals surface area (Å²) in [7, 11) is 0. The van der Waals surface area contributed by atoms with Crippen LogP contribution in [0.15, 0.2) is 12.1 Å². The normalized spacial score (nSPS) is 27.2. The first-order valence-electron chi connectivity index (χ1n) is 5.96. The first kappa shape index (κ1) is 12.4. The molecule has 90 valence electrons. The average Bonchev–Trinajstić information content (AvgIpc) is 2.89. The van der Waals surface area contributed by atoms with Crippen molar-refractivity contribution in [3.8, 4) is 0 Å². The molecule has 1 saturated carbocycles. The predicted molar refractivity (Wildman–Crippen MR) is 70.5 cm³/mol. The van der Waals surface area contributed by atoms with E-state index >= 15 is 0 Å². The summed E-state index contributed by atoms with van der Waals surface area (Å²) in [6.07, 6.45) is 5.21. The van der Waals surface area contributed by atoms with Crippen molar-refractivity contribution in [2.24, 2.45) is 17.7 Å². The zero-order valence-corrected chi connectivity index (χ0v) is 11.2. The van der Waals surface area contributed by atoms with Crippen LogP contribution in [-0.4, -0.2) is 0 Å². The summed E-state index contributed by atoms with van der Waals surface area (Å²) in [5.74, 6) is 7.25. The Hall–Kier alpha value is -0.0900. The third-order valence-electron chi connectivity index (χ3n) is 3.71. The summed E-state index contributed by atoms with van der Waals surface area (Å²) in [6, 6.07) is 4.34. The molecule has 1 aliphatic carbocycles. The molecule has 0 bridgehead atoms. The second kappa shape index (κ2) is 5.50. The Morgan fingerprint density at radius 2 is 2.38 bits per heavy atom. The summed E-state index contributed by atoms with van der Waals surface area (Å²) in [6.45, 7) is 2.28. The van der Waals surface area contributed by atoms with Crippen molar-refractivity contribution < 1.29 is 0 Å². The van der Waals surface area contributed by atoms with Crippen molar-refractivity contribution >= 4 is 22.9 Å². The SMILES string of the molecule is CCC1CCC(C(NN)c2ccc(Cl)s2)C1. The summed E-state index contributed by atoms with van der Waals surface area (Å²) >= 11 is 7.61. The van der Waals surface area contributed by atoms with E-state index in [0.717, 1.165) is 10.3 Å². The molecule has 0 radical (unpaired) electrons. The lowest BCUT2D eigenvalue weighted by atomic mass is 9.95. The lowest BCUT2D eigenvalue weighted by Crippen LogP contribution is -2.32. The largest absolute Gasteiger partial charge is 0.271 e. The molecule has 4 heteroatoms. The van der Waals surface area contributed by atoms with E-state index in [9.17, 15) is 0 Å². The van der Waals surface area contributed by atoms with Gasteiger partial charge in [-0.2, -0.15) is 0 Å². The van der Waals surface area contributed by atoms with Crippen LogP contribution in [-0.2, 0) is 0 Å². The molecule has 2 rings (SSSR count). The van der Waals surface area contributed by atoms with Crippen LogP contribution in [0.3, 0.4) is 0 Å². The standard InChI is InChI=1S/C12H19ClN2S/c1-2-8-3-4-9(7-8)12(15-14)10-5-6-11(13)16-10/h5-6,8-9,12,15H,2-4,7,14H2,1H3. The zero-order valence-electron chi connectivity index (χ0n) is 9.58. The molecule has 2 nitrogen and oxygen atoms in total. The first-order chi connectivity index (χ1) is 7.74. The number of nitrogens with one attached hydrogen (secondary N) is 1. The summed E-state index contributed by atoms with van der Waals surface area (Å²) in [4.78, 5) is 1.27. The summed E-state index contributed by atoms with van der Waals surface area (Å²) < 4.78 is 0.847. The molecule has 0 aromatic carbocycles. The van der Waals surface area contributed by atoms with Gasteiger partial charge in [-0.25, -0.2) is 0 Å². The lowest BCUT2D eigenvalue weighted by Gasteiger charge is -2.21. The number of thiophene rings is 1. The zero-order chi connectivity index (χ0) is 11.5. The minimum Gasteiger partial charge on any atom is -0.271 e. The van der Waals surface area contributed by atoms with Gasteiger partial charge in [0, 0.05) is 4.88 Å². The Morgan fingerprint density at radius 3 is 2.88 bits per heavy atom. The third kappa shape index (κ3) is 2.59. The van der Waals surface area contributed by atoms with Gasteiger partial charge in [0.15, 0.2) is 0 Å².